The number of hydroxylamine groups is 1. The van der Waals surface area contributed by atoms with Crippen molar-refractivity contribution in [3.05, 3.63) is 69.4 Å². The number of thiophene rings is 1. The number of hydrogen-bond donors (Lipinski definition) is 1. The molecule has 0 spiro atoms. The first-order valence-corrected chi connectivity index (χ1v) is 13.1. The van der Waals surface area contributed by atoms with Crippen molar-refractivity contribution in [2.75, 3.05) is 24.6 Å². The highest BCUT2D eigenvalue weighted by Crippen LogP contribution is 2.36. The Bertz CT molecular complexity index is 1310. The van der Waals surface area contributed by atoms with Gasteiger partial charge in [0.1, 0.15) is 9.77 Å². The highest BCUT2D eigenvalue weighted by Gasteiger charge is 2.31. The second kappa shape index (κ2) is 11.4. The van der Waals surface area contributed by atoms with Gasteiger partial charge in [0.15, 0.2) is 11.5 Å². The van der Waals surface area contributed by atoms with Crippen LogP contribution in [-0.2, 0) is 14.9 Å². The van der Waals surface area contributed by atoms with Gasteiger partial charge in [-0.25, -0.2) is 13.2 Å². The Morgan fingerprint density at radius 3 is 2.31 bits per heavy atom. The minimum Gasteiger partial charge on any atom is -0.490 e. The lowest BCUT2D eigenvalue weighted by Crippen LogP contribution is -2.31. The molecule has 0 saturated carbocycles. The van der Waals surface area contributed by atoms with Gasteiger partial charge in [0.25, 0.3) is 15.9 Å². The molecule has 3 rings (SSSR count). The van der Waals surface area contributed by atoms with Crippen molar-refractivity contribution in [3.63, 3.8) is 0 Å². The molecule has 0 aliphatic heterocycles. The number of benzene rings is 2. The van der Waals surface area contributed by atoms with Crippen LogP contribution in [0.5, 0.6) is 11.5 Å². The van der Waals surface area contributed by atoms with Crippen molar-refractivity contribution < 1.29 is 32.3 Å². The Kier molecular flexibility index (Phi) is 8.60. The number of rotatable bonds is 9. The predicted molar refractivity (Wildman–Crippen MR) is 133 cm³/mol. The molecule has 0 fully saturated rings. The van der Waals surface area contributed by atoms with Gasteiger partial charge in [-0.05, 0) is 44.2 Å². The SMILES string of the molecule is CCOc1ccc(N(C)S(=O)(=O)c2cc(Cl)sc2C(=O)NOC(=O)c2ccccc2)cc1OCC. The van der Waals surface area contributed by atoms with E-state index in [0.29, 0.717) is 24.7 Å². The standard InChI is InChI=1S/C23H23ClN2O7S2/c1-4-31-17-12-11-16(13-18(17)32-5-2)26(3)35(29,30)19-14-20(24)34-21(19)22(27)25-33-23(28)15-9-7-6-8-10-15/h6-14H,4-5H2,1-3H3,(H,25,27). The zero-order chi connectivity index (χ0) is 25.6. The van der Waals surface area contributed by atoms with E-state index in [-0.39, 0.29) is 25.4 Å². The fraction of sp³-hybridized carbons (Fsp3) is 0.217. The van der Waals surface area contributed by atoms with Crippen LogP contribution in [0.4, 0.5) is 5.69 Å². The quantitative estimate of drug-likeness (QED) is 0.398. The maximum atomic E-state index is 13.4. The summed E-state index contributed by atoms with van der Waals surface area (Å²) in [4.78, 5) is 29.1. The van der Waals surface area contributed by atoms with Crippen LogP contribution in [0.3, 0.4) is 0 Å². The van der Waals surface area contributed by atoms with Crippen molar-refractivity contribution in [3.8, 4) is 11.5 Å². The van der Waals surface area contributed by atoms with Crippen LogP contribution < -0.4 is 19.3 Å². The van der Waals surface area contributed by atoms with Gasteiger partial charge < -0.3 is 14.3 Å². The first kappa shape index (κ1) is 26.3. The van der Waals surface area contributed by atoms with Crippen LogP contribution in [0.15, 0.2) is 59.5 Å². The van der Waals surface area contributed by atoms with Crippen molar-refractivity contribution in [1.82, 2.24) is 5.48 Å². The van der Waals surface area contributed by atoms with Crippen LogP contribution in [0.25, 0.3) is 0 Å². The molecule has 1 amide bonds. The molecule has 0 unspecified atom stereocenters. The summed E-state index contributed by atoms with van der Waals surface area (Å²) >= 11 is 6.80. The molecule has 0 saturated heterocycles. The summed E-state index contributed by atoms with van der Waals surface area (Å²) in [7, 11) is -2.90. The molecule has 12 heteroatoms. The number of halogens is 1. The van der Waals surface area contributed by atoms with Crippen molar-refractivity contribution >= 4 is 50.5 Å². The van der Waals surface area contributed by atoms with E-state index in [1.54, 1.807) is 37.3 Å². The topological polar surface area (TPSA) is 111 Å². The number of anilines is 1. The third-order valence-corrected chi connectivity index (χ3v) is 7.85. The molecule has 186 valence electrons. The minimum absolute atomic E-state index is 0.0678. The smallest absolute Gasteiger partial charge is 0.362 e. The maximum Gasteiger partial charge on any atom is 0.362 e. The van der Waals surface area contributed by atoms with Crippen LogP contribution in [0, 0.1) is 0 Å². The molecule has 0 aliphatic rings. The van der Waals surface area contributed by atoms with E-state index in [2.05, 4.69) is 0 Å². The van der Waals surface area contributed by atoms with Gasteiger partial charge in [0.05, 0.1) is 28.8 Å². The van der Waals surface area contributed by atoms with Crippen LogP contribution in [-0.4, -0.2) is 40.6 Å². The molecule has 0 bridgehead atoms. The number of amides is 1. The highest BCUT2D eigenvalue weighted by molar-refractivity contribution is 7.93. The molecule has 3 aromatic rings. The summed E-state index contributed by atoms with van der Waals surface area (Å²) < 4.78 is 39.0. The molecule has 1 aromatic heterocycles. The Balaban J connectivity index is 1.86. The Labute approximate surface area is 212 Å². The Morgan fingerprint density at radius 2 is 1.66 bits per heavy atom. The lowest BCUT2D eigenvalue weighted by atomic mass is 10.2. The number of hydrogen-bond acceptors (Lipinski definition) is 8. The lowest BCUT2D eigenvalue weighted by Gasteiger charge is -2.21. The number of sulfonamides is 1. The molecule has 2 aromatic carbocycles. The summed E-state index contributed by atoms with van der Waals surface area (Å²) in [6.07, 6.45) is 0. The van der Waals surface area contributed by atoms with Crippen LogP contribution >= 0.6 is 22.9 Å². The summed E-state index contributed by atoms with van der Waals surface area (Å²) in [5, 5.41) is 0. The molecular weight excluding hydrogens is 516 g/mol. The van der Waals surface area contributed by atoms with E-state index < -0.39 is 21.9 Å². The van der Waals surface area contributed by atoms with Gasteiger partial charge in [-0.3, -0.25) is 9.10 Å². The zero-order valence-electron chi connectivity index (χ0n) is 19.1. The van der Waals surface area contributed by atoms with E-state index in [4.69, 9.17) is 25.9 Å². The molecule has 9 nitrogen and oxygen atoms in total. The minimum atomic E-state index is -4.23. The predicted octanol–water partition coefficient (Wildman–Crippen LogP) is 4.53. The second-order valence-electron chi connectivity index (χ2n) is 6.90. The maximum absolute atomic E-state index is 13.4. The fourth-order valence-electron chi connectivity index (χ4n) is 2.99. The number of ether oxygens (including phenoxy) is 2. The van der Waals surface area contributed by atoms with E-state index >= 15 is 0 Å². The fourth-order valence-corrected chi connectivity index (χ4v) is 5.86. The lowest BCUT2D eigenvalue weighted by molar-refractivity contribution is 0.0231. The van der Waals surface area contributed by atoms with E-state index in [9.17, 15) is 18.0 Å². The monoisotopic (exact) mass is 538 g/mol. The van der Waals surface area contributed by atoms with Gasteiger partial charge in [0, 0.05) is 13.1 Å². The second-order valence-corrected chi connectivity index (χ2v) is 10.5. The number of carbonyl (C=O) groups is 2. The van der Waals surface area contributed by atoms with Crippen LogP contribution in [0.2, 0.25) is 4.34 Å². The molecule has 0 radical (unpaired) electrons. The van der Waals surface area contributed by atoms with Crippen molar-refractivity contribution in [2.24, 2.45) is 0 Å². The van der Waals surface area contributed by atoms with E-state index in [0.717, 1.165) is 15.6 Å². The van der Waals surface area contributed by atoms with Crippen LogP contribution in [0.1, 0.15) is 33.9 Å². The molecule has 1 heterocycles. The Morgan fingerprint density at radius 1 is 1.00 bits per heavy atom. The summed E-state index contributed by atoms with van der Waals surface area (Å²) in [6, 6.07) is 13.9. The highest BCUT2D eigenvalue weighted by atomic mass is 35.5. The summed E-state index contributed by atoms with van der Waals surface area (Å²) in [6.45, 7) is 4.39. The van der Waals surface area contributed by atoms with E-state index in [1.165, 1.54) is 31.3 Å². The summed E-state index contributed by atoms with van der Waals surface area (Å²) in [5.74, 6) is -0.883. The number of nitrogens with zero attached hydrogens (tertiary/aromatic N) is 1. The molecule has 35 heavy (non-hydrogen) atoms. The molecule has 0 atom stereocenters. The molecule has 0 aliphatic carbocycles. The third kappa shape index (κ3) is 6.05. The average Bonchev–Trinajstić information content (AvgIpc) is 3.26. The largest absolute Gasteiger partial charge is 0.490 e. The average molecular weight is 539 g/mol. The van der Waals surface area contributed by atoms with Gasteiger partial charge in [-0.15, -0.1) is 11.3 Å². The summed E-state index contributed by atoms with van der Waals surface area (Å²) in [5.41, 5.74) is 2.48. The first-order chi connectivity index (χ1) is 16.7. The van der Waals surface area contributed by atoms with Gasteiger partial charge >= 0.3 is 5.97 Å². The van der Waals surface area contributed by atoms with E-state index in [1.807, 2.05) is 12.4 Å². The first-order valence-electron chi connectivity index (χ1n) is 10.4. The van der Waals surface area contributed by atoms with Gasteiger partial charge in [-0.1, -0.05) is 29.8 Å². The number of carbonyl (C=O) groups excluding carboxylic acids is 2. The Hall–Kier alpha value is -3.28. The third-order valence-electron chi connectivity index (χ3n) is 4.65. The van der Waals surface area contributed by atoms with Gasteiger partial charge in [0.2, 0.25) is 0 Å². The zero-order valence-corrected chi connectivity index (χ0v) is 21.5. The molecular formula is C23H23ClN2O7S2. The molecule has 1 N–H and O–H groups in total. The van der Waals surface area contributed by atoms with Gasteiger partial charge in [-0.2, -0.15) is 5.48 Å². The van der Waals surface area contributed by atoms with Crippen molar-refractivity contribution in [2.45, 2.75) is 18.7 Å². The number of nitrogens with one attached hydrogen (secondary N) is 1. The normalized spacial score (nSPS) is 11.0. The van der Waals surface area contributed by atoms with Crippen molar-refractivity contribution in [1.29, 1.82) is 0 Å².